The number of anilines is 2. The molecule has 0 fully saturated rings. The van der Waals surface area contributed by atoms with Gasteiger partial charge in [0.05, 0.1) is 10.0 Å². The van der Waals surface area contributed by atoms with Crippen LogP contribution in [-0.2, 0) is 11.3 Å². The van der Waals surface area contributed by atoms with Crippen molar-refractivity contribution >= 4 is 40.5 Å². The van der Waals surface area contributed by atoms with E-state index in [1.807, 2.05) is 37.3 Å². The molecular weight excluding hydrogens is 419 g/mol. The van der Waals surface area contributed by atoms with Gasteiger partial charge in [0.25, 0.3) is 5.91 Å². The van der Waals surface area contributed by atoms with Gasteiger partial charge in [0.1, 0.15) is 0 Å². The highest BCUT2D eigenvalue weighted by atomic mass is 35.5. The minimum absolute atomic E-state index is 0.187. The number of carbonyl (C=O) groups excluding carboxylic acids is 1. The topological polar surface area (TPSA) is 50.4 Å². The molecule has 4 nitrogen and oxygen atoms in total. The highest BCUT2D eigenvalue weighted by Gasteiger charge is 2.12. The number of rotatable bonds is 7. The first-order valence-electron chi connectivity index (χ1n) is 9.60. The van der Waals surface area contributed by atoms with Crippen LogP contribution in [0.15, 0.2) is 54.6 Å². The average Bonchev–Trinajstić information content (AvgIpc) is 2.68. The maximum absolute atomic E-state index is 12.2. The molecule has 0 radical (unpaired) electrons. The standard InChI is InChI=1S/C24H24Cl2N2O2/c1-15-5-4-6-20(9-15)28-23(29)14-30-24-21(25)11-18(12-22(24)26)13-27-19-8-7-16(2)17(3)10-19/h4-12,27H,13-14H2,1-3H3,(H,28,29). The molecule has 0 saturated carbocycles. The highest BCUT2D eigenvalue weighted by Crippen LogP contribution is 2.34. The Bertz CT molecular complexity index is 1040. The summed E-state index contributed by atoms with van der Waals surface area (Å²) in [6.07, 6.45) is 0. The molecule has 0 aliphatic rings. The molecule has 3 aromatic carbocycles. The number of nitrogens with one attached hydrogen (secondary N) is 2. The zero-order valence-corrected chi connectivity index (χ0v) is 18.7. The predicted molar refractivity (Wildman–Crippen MR) is 125 cm³/mol. The van der Waals surface area contributed by atoms with Crippen LogP contribution in [0.5, 0.6) is 5.75 Å². The van der Waals surface area contributed by atoms with Gasteiger partial charge in [0, 0.05) is 17.9 Å². The Hall–Kier alpha value is -2.69. The van der Waals surface area contributed by atoms with E-state index in [-0.39, 0.29) is 12.5 Å². The van der Waals surface area contributed by atoms with Gasteiger partial charge in [-0.3, -0.25) is 4.79 Å². The minimum Gasteiger partial charge on any atom is -0.481 e. The molecule has 0 aliphatic carbocycles. The van der Waals surface area contributed by atoms with Crippen molar-refractivity contribution in [1.29, 1.82) is 0 Å². The van der Waals surface area contributed by atoms with Crippen LogP contribution in [0.25, 0.3) is 0 Å². The van der Waals surface area contributed by atoms with Gasteiger partial charge in [-0.2, -0.15) is 0 Å². The lowest BCUT2D eigenvalue weighted by Gasteiger charge is -2.13. The van der Waals surface area contributed by atoms with Crippen molar-refractivity contribution in [2.75, 3.05) is 17.2 Å². The molecule has 0 unspecified atom stereocenters. The van der Waals surface area contributed by atoms with E-state index in [4.69, 9.17) is 27.9 Å². The first-order valence-corrected chi connectivity index (χ1v) is 10.4. The lowest BCUT2D eigenvalue weighted by Crippen LogP contribution is -2.20. The van der Waals surface area contributed by atoms with Crippen molar-refractivity contribution < 1.29 is 9.53 Å². The smallest absolute Gasteiger partial charge is 0.262 e. The third-order valence-corrected chi connectivity index (χ3v) is 5.27. The highest BCUT2D eigenvalue weighted by molar-refractivity contribution is 6.37. The molecule has 0 spiro atoms. The van der Waals surface area contributed by atoms with E-state index >= 15 is 0 Å². The van der Waals surface area contributed by atoms with Gasteiger partial charge in [-0.25, -0.2) is 0 Å². The number of amides is 1. The largest absolute Gasteiger partial charge is 0.481 e. The van der Waals surface area contributed by atoms with E-state index in [0.717, 1.165) is 16.8 Å². The van der Waals surface area contributed by atoms with Crippen molar-refractivity contribution in [3.8, 4) is 5.75 Å². The number of halogens is 2. The second kappa shape index (κ2) is 9.88. The summed E-state index contributed by atoms with van der Waals surface area (Å²) in [7, 11) is 0. The van der Waals surface area contributed by atoms with Crippen LogP contribution in [-0.4, -0.2) is 12.5 Å². The Kier molecular flexibility index (Phi) is 7.24. The van der Waals surface area contributed by atoms with E-state index in [1.54, 1.807) is 12.1 Å². The summed E-state index contributed by atoms with van der Waals surface area (Å²) in [5.41, 5.74) is 6.19. The lowest BCUT2D eigenvalue weighted by molar-refractivity contribution is -0.118. The van der Waals surface area contributed by atoms with Gasteiger partial charge in [0.15, 0.2) is 12.4 Å². The molecule has 0 saturated heterocycles. The quantitative estimate of drug-likeness (QED) is 0.436. The van der Waals surface area contributed by atoms with Crippen LogP contribution in [0.4, 0.5) is 11.4 Å². The maximum atomic E-state index is 12.2. The summed E-state index contributed by atoms with van der Waals surface area (Å²) in [6, 6.07) is 17.3. The van der Waals surface area contributed by atoms with E-state index in [1.165, 1.54) is 11.1 Å². The fourth-order valence-electron chi connectivity index (χ4n) is 2.97. The maximum Gasteiger partial charge on any atom is 0.262 e. The molecule has 3 rings (SSSR count). The molecule has 1 amide bonds. The summed E-state index contributed by atoms with van der Waals surface area (Å²) in [5.74, 6) is 0.0147. The molecule has 156 valence electrons. The Labute approximate surface area is 187 Å². The Balaban J connectivity index is 1.59. The van der Waals surface area contributed by atoms with Gasteiger partial charge >= 0.3 is 0 Å². The van der Waals surface area contributed by atoms with E-state index in [2.05, 4.69) is 36.6 Å². The Morgan fingerprint density at radius 2 is 1.63 bits per heavy atom. The van der Waals surface area contributed by atoms with Crippen molar-refractivity contribution in [2.24, 2.45) is 0 Å². The van der Waals surface area contributed by atoms with Gasteiger partial charge < -0.3 is 15.4 Å². The van der Waals surface area contributed by atoms with Crippen LogP contribution in [0, 0.1) is 20.8 Å². The summed E-state index contributed by atoms with van der Waals surface area (Å²) >= 11 is 12.7. The number of aryl methyl sites for hydroxylation is 3. The zero-order chi connectivity index (χ0) is 21.7. The van der Waals surface area contributed by atoms with Crippen LogP contribution >= 0.6 is 23.2 Å². The van der Waals surface area contributed by atoms with Gasteiger partial charge in [-0.1, -0.05) is 41.4 Å². The van der Waals surface area contributed by atoms with Crippen LogP contribution < -0.4 is 15.4 Å². The van der Waals surface area contributed by atoms with Crippen molar-refractivity contribution in [1.82, 2.24) is 0 Å². The summed E-state index contributed by atoms with van der Waals surface area (Å²) in [6.45, 7) is 6.50. The fourth-order valence-corrected chi connectivity index (χ4v) is 3.61. The first-order chi connectivity index (χ1) is 14.3. The van der Waals surface area contributed by atoms with E-state index < -0.39 is 0 Å². The van der Waals surface area contributed by atoms with Crippen LogP contribution in [0.2, 0.25) is 10.0 Å². The Morgan fingerprint density at radius 1 is 0.900 bits per heavy atom. The fraction of sp³-hybridized carbons (Fsp3) is 0.208. The van der Waals surface area contributed by atoms with Crippen LogP contribution in [0.1, 0.15) is 22.3 Å². The lowest BCUT2D eigenvalue weighted by atomic mass is 10.1. The molecule has 0 heterocycles. The van der Waals surface area contributed by atoms with Crippen molar-refractivity contribution in [2.45, 2.75) is 27.3 Å². The SMILES string of the molecule is Cc1cccc(NC(=O)COc2c(Cl)cc(CNc3ccc(C)c(C)c3)cc2Cl)c1. The molecule has 2 N–H and O–H groups in total. The minimum atomic E-state index is -0.284. The second-order valence-corrected chi connectivity index (χ2v) is 8.06. The molecule has 3 aromatic rings. The summed E-state index contributed by atoms with van der Waals surface area (Å²) in [5, 5.41) is 6.88. The van der Waals surface area contributed by atoms with Gasteiger partial charge in [-0.15, -0.1) is 0 Å². The van der Waals surface area contributed by atoms with Crippen LogP contribution in [0.3, 0.4) is 0 Å². The summed E-state index contributed by atoms with van der Waals surface area (Å²) in [4.78, 5) is 12.2. The average molecular weight is 443 g/mol. The third kappa shape index (κ3) is 5.91. The number of hydrogen-bond donors (Lipinski definition) is 2. The Morgan fingerprint density at radius 3 is 2.30 bits per heavy atom. The second-order valence-electron chi connectivity index (χ2n) is 7.25. The third-order valence-electron chi connectivity index (χ3n) is 4.71. The normalized spacial score (nSPS) is 10.6. The number of hydrogen-bond acceptors (Lipinski definition) is 3. The number of carbonyl (C=O) groups is 1. The summed E-state index contributed by atoms with van der Waals surface area (Å²) < 4.78 is 5.58. The molecule has 0 atom stereocenters. The van der Waals surface area contributed by atoms with Crippen molar-refractivity contribution in [3.05, 3.63) is 86.9 Å². The molecule has 0 aromatic heterocycles. The monoisotopic (exact) mass is 442 g/mol. The molecule has 0 aliphatic heterocycles. The van der Waals surface area contributed by atoms with Crippen molar-refractivity contribution in [3.63, 3.8) is 0 Å². The molecular formula is C24H24Cl2N2O2. The van der Waals surface area contributed by atoms with E-state index in [0.29, 0.717) is 28.0 Å². The number of benzene rings is 3. The molecule has 30 heavy (non-hydrogen) atoms. The predicted octanol–water partition coefficient (Wildman–Crippen LogP) is 6.55. The first kappa shape index (κ1) is 22.0. The molecule has 0 bridgehead atoms. The zero-order valence-electron chi connectivity index (χ0n) is 17.2. The molecule has 6 heteroatoms. The van der Waals surface area contributed by atoms with Gasteiger partial charge in [-0.05, 0) is 79.4 Å². The van der Waals surface area contributed by atoms with E-state index in [9.17, 15) is 4.79 Å². The van der Waals surface area contributed by atoms with Gasteiger partial charge in [0.2, 0.25) is 0 Å². The number of ether oxygens (including phenoxy) is 1.